The predicted octanol–water partition coefficient (Wildman–Crippen LogP) is 3.61. The summed E-state index contributed by atoms with van der Waals surface area (Å²) >= 11 is 0. The molecule has 2 heterocycles. The zero-order valence-electron chi connectivity index (χ0n) is 19.5. The van der Waals surface area contributed by atoms with Crippen molar-refractivity contribution in [1.82, 2.24) is 25.9 Å². The summed E-state index contributed by atoms with van der Waals surface area (Å²) in [6, 6.07) is 23.8. The minimum atomic E-state index is -1.11. The standard InChI is InChI=1S/C26H24N8O2/c1-2-15-34-21-14-7-6-13-20(21)22(17-9-4-3-5-10-17)28-24(25(34)35)29-26(36)27-19-12-8-11-18(16-19)23-30-32-33-31-23/h3-14,16,24H,2,15H2,1H3,(H2,27,29,36)(H,30,31,32,33). The SMILES string of the molecule is CCCN1C(=O)C(NC(=O)Nc2cccc(-c3nnn[nH]3)c2)N=C(c2ccccc2)c2ccccc21. The summed E-state index contributed by atoms with van der Waals surface area (Å²) in [6.45, 7) is 2.51. The van der Waals surface area contributed by atoms with E-state index in [-0.39, 0.29) is 5.91 Å². The summed E-state index contributed by atoms with van der Waals surface area (Å²) in [4.78, 5) is 33.1. The Morgan fingerprint density at radius 2 is 1.78 bits per heavy atom. The smallest absolute Gasteiger partial charge is 0.308 e. The first kappa shape index (κ1) is 22.9. The molecule has 3 aromatic carbocycles. The number of hydrogen-bond acceptors (Lipinski definition) is 6. The van der Waals surface area contributed by atoms with Crippen molar-refractivity contribution in [3.05, 3.63) is 90.0 Å². The molecule has 0 radical (unpaired) electrons. The first-order valence-electron chi connectivity index (χ1n) is 11.6. The van der Waals surface area contributed by atoms with Gasteiger partial charge in [-0.25, -0.2) is 14.9 Å². The Bertz CT molecular complexity index is 1400. The Balaban J connectivity index is 1.46. The van der Waals surface area contributed by atoms with E-state index in [0.717, 1.165) is 23.2 Å². The molecule has 0 saturated carbocycles. The quantitative estimate of drug-likeness (QED) is 0.388. The first-order valence-corrected chi connectivity index (χ1v) is 11.6. The first-order chi connectivity index (χ1) is 17.6. The highest BCUT2D eigenvalue weighted by molar-refractivity contribution is 6.20. The molecule has 10 nitrogen and oxygen atoms in total. The maximum absolute atomic E-state index is 13.6. The van der Waals surface area contributed by atoms with Gasteiger partial charge in [-0.2, -0.15) is 0 Å². The Labute approximate surface area is 207 Å². The number of carbonyl (C=O) groups is 2. The molecule has 3 N–H and O–H groups in total. The molecule has 1 aliphatic rings. The number of hydrogen-bond donors (Lipinski definition) is 3. The molecular weight excluding hydrogens is 456 g/mol. The van der Waals surface area contributed by atoms with Gasteiger partial charge in [-0.05, 0) is 35.0 Å². The summed E-state index contributed by atoms with van der Waals surface area (Å²) in [5.41, 5.74) is 4.33. The molecule has 3 amide bonds. The molecule has 0 bridgehead atoms. The van der Waals surface area contributed by atoms with Crippen LogP contribution in [0, 0.1) is 0 Å². The van der Waals surface area contributed by atoms with Crippen molar-refractivity contribution in [2.45, 2.75) is 19.5 Å². The van der Waals surface area contributed by atoms with Crippen LogP contribution in [0.15, 0.2) is 83.9 Å². The summed E-state index contributed by atoms with van der Waals surface area (Å²) in [6.07, 6.45) is -0.357. The van der Waals surface area contributed by atoms with E-state index in [0.29, 0.717) is 29.3 Å². The molecule has 1 atom stereocenters. The molecule has 180 valence electrons. The Hall–Kier alpha value is -4.86. The van der Waals surface area contributed by atoms with Crippen molar-refractivity contribution in [2.24, 2.45) is 4.99 Å². The fourth-order valence-electron chi connectivity index (χ4n) is 4.12. The van der Waals surface area contributed by atoms with Crippen molar-refractivity contribution in [3.8, 4) is 11.4 Å². The van der Waals surface area contributed by atoms with E-state index in [1.807, 2.05) is 67.6 Å². The molecular formula is C26H24N8O2. The average molecular weight is 481 g/mol. The van der Waals surface area contributed by atoms with Crippen molar-refractivity contribution in [1.29, 1.82) is 0 Å². The minimum Gasteiger partial charge on any atom is -0.308 e. The molecule has 0 saturated heterocycles. The number of H-pyrrole nitrogens is 1. The van der Waals surface area contributed by atoms with Crippen molar-refractivity contribution >= 4 is 29.0 Å². The lowest BCUT2D eigenvalue weighted by atomic mass is 10.0. The third kappa shape index (κ3) is 4.69. The number of urea groups is 1. The molecule has 0 spiro atoms. The topological polar surface area (TPSA) is 128 Å². The van der Waals surface area contributed by atoms with Crippen LogP contribution in [0.1, 0.15) is 24.5 Å². The lowest BCUT2D eigenvalue weighted by Crippen LogP contribution is -2.48. The minimum absolute atomic E-state index is 0.299. The van der Waals surface area contributed by atoms with Gasteiger partial charge < -0.3 is 15.5 Å². The molecule has 0 aliphatic carbocycles. The van der Waals surface area contributed by atoms with Gasteiger partial charge in [0.2, 0.25) is 6.17 Å². The van der Waals surface area contributed by atoms with Gasteiger partial charge in [-0.1, -0.05) is 67.6 Å². The third-order valence-electron chi connectivity index (χ3n) is 5.71. The number of nitrogens with zero attached hydrogens (tertiary/aromatic N) is 5. The van der Waals surface area contributed by atoms with Crippen LogP contribution in [0.2, 0.25) is 0 Å². The normalized spacial score (nSPS) is 15.0. The maximum atomic E-state index is 13.6. The molecule has 1 aliphatic heterocycles. The second kappa shape index (κ2) is 10.2. The fourth-order valence-corrected chi connectivity index (χ4v) is 4.12. The molecule has 1 aromatic heterocycles. The van der Waals surface area contributed by atoms with Gasteiger partial charge in [0.15, 0.2) is 5.82 Å². The summed E-state index contributed by atoms with van der Waals surface area (Å²) in [5, 5.41) is 19.3. The number of aromatic amines is 1. The van der Waals surface area contributed by atoms with Crippen molar-refractivity contribution in [3.63, 3.8) is 0 Å². The summed E-state index contributed by atoms with van der Waals surface area (Å²) < 4.78 is 0. The van der Waals surface area contributed by atoms with E-state index in [2.05, 4.69) is 31.3 Å². The second-order valence-corrected chi connectivity index (χ2v) is 8.18. The number of anilines is 2. The van der Waals surface area contributed by atoms with Gasteiger partial charge >= 0.3 is 6.03 Å². The molecule has 0 fully saturated rings. The zero-order chi connectivity index (χ0) is 24.9. The van der Waals surface area contributed by atoms with Crippen molar-refractivity contribution in [2.75, 3.05) is 16.8 Å². The van der Waals surface area contributed by atoms with Gasteiger partial charge in [0.1, 0.15) is 0 Å². The number of aliphatic imine (C=N–C) groups is 1. The summed E-state index contributed by atoms with van der Waals surface area (Å²) in [7, 11) is 0. The van der Waals surface area contributed by atoms with E-state index < -0.39 is 12.2 Å². The number of fused-ring (bicyclic) bond motifs is 1. The van der Waals surface area contributed by atoms with Crippen LogP contribution in [-0.4, -0.2) is 51.0 Å². The number of benzodiazepines with no additional fused rings is 1. The second-order valence-electron chi connectivity index (χ2n) is 8.18. The lowest BCUT2D eigenvalue weighted by molar-refractivity contribution is -0.120. The number of aromatic nitrogens is 4. The van der Waals surface area contributed by atoms with Gasteiger partial charge in [-0.3, -0.25) is 4.79 Å². The van der Waals surface area contributed by atoms with E-state index in [4.69, 9.17) is 4.99 Å². The van der Waals surface area contributed by atoms with Gasteiger partial charge in [0.05, 0.1) is 11.4 Å². The zero-order valence-corrected chi connectivity index (χ0v) is 19.5. The van der Waals surface area contributed by atoms with Crippen LogP contribution in [0.4, 0.5) is 16.2 Å². The summed E-state index contributed by atoms with van der Waals surface area (Å²) in [5.74, 6) is 0.176. The molecule has 1 unspecified atom stereocenters. The molecule has 5 rings (SSSR count). The van der Waals surface area contributed by atoms with Crippen LogP contribution in [0.25, 0.3) is 11.4 Å². The average Bonchev–Trinajstić information content (AvgIpc) is 3.42. The van der Waals surface area contributed by atoms with E-state index in [1.165, 1.54) is 0 Å². The van der Waals surface area contributed by atoms with Crippen LogP contribution in [0.3, 0.4) is 0 Å². The molecule has 4 aromatic rings. The lowest BCUT2D eigenvalue weighted by Gasteiger charge is -2.25. The largest absolute Gasteiger partial charge is 0.321 e. The number of para-hydroxylation sites is 1. The number of benzene rings is 3. The van der Waals surface area contributed by atoms with Gasteiger partial charge in [0, 0.05) is 28.9 Å². The number of tetrazole rings is 1. The highest BCUT2D eigenvalue weighted by Crippen LogP contribution is 2.28. The number of nitrogens with one attached hydrogen (secondary N) is 3. The van der Waals surface area contributed by atoms with Crippen LogP contribution in [0.5, 0.6) is 0 Å². The Kier molecular flexibility index (Phi) is 6.48. The number of amides is 3. The highest BCUT2D eigenvalue weighted by Gasteiger charge is 2.32. The Morgan fingerprint density at radius 3 is 2.56 bits per heavy atom. The number of rotatable bonds is 6. The number of carbonyl (C=O) groups excluding carboxylic acids is 2. The maximum Gasteiger partial charge on any atom is 0.321 e. The fraction of sp³-hybridized carbons (Fsp3) is 0.154. The van der Waals surface area contributed by atoms with E-state index in [9.17, 15) is 9.59 Å². The van der Waals surface area contributed by atoms with Crippen molar-refractivity contribution < 1.29 is 9.59 Å². The van der Waals surface area contributed by atoms with Crippen LogP contribution >= 0.6 is 0 Å². The van der Waals surface area contributed by atoms with Gasteiger partial charge in [-0.15, -0.1) is 5.10 Å². The monoisotopic (exact) mass is 480 g/mol. The predicted molar refractivity (Wildman–Crippen MR) is 137 cm³/mol. The van der Waals surface area contributed by atoms with Gasteiger partial charge in [0.25, 0.3) is 5.91 Å². The molecule has 10 heteroatoms. The third-order valence-corrected chi connectivity index (χ3v) is 5.71. The molecule has 36 heavy (non-hydrogen) atoms. The van der Waals surface area contributed by atoms with E-state index >= 15 is 0 Å². The van der Waals surface area contributed by atoms with Crippen LogP contribution < -0.4 is 15.5 Å². The van der Waals surface area contributed by atoms with E-state index in [1.54, 1.807) is 23.1 Å². The highest BCUT2D eigenvalue weighted by atomic mass is 16.2. The van der Waals surface area contributed by atoms with Crippen LogP contribution in [-0.2, 0) is 4.79 Å². The Morgan fingerprint density at radius 1 is 1.00 bits per heavy atom.